The number of nitrogens with one attached hydrogen (secondary N) is 4. The van der Waals surface area contributed by atoms with E-state index < -0.39 is 29.7 Å². The number of piperazine rings is 1. The molecule has 6 amide bonds. The molecule has 3 aliphatic heterocycles. The highest BCUT2D eigenvalue weighted by molar-refractivity contribution is 6.24. The molecule has 2 saturated heterocycles. The van der Waals surface area contributed by atoms with Gasteiger partial charge in [-0.15, -0.1) is 0 Å². The van der Waals surface area contributed by atoms with Crippen LogP contribution in [0.5, 0.6) is 5.75 Å². The molecule has 1 atom stereocenters. The maximum atomic E-state index is 13.6. The molecule has 69 heavy (non-hydrogen) atoms. The second kappa shape index (κ2) is 21.9. The SMILES string of the molecule is CC(=O)c1c(C)c2cnc(Nc3ccc(N4CCN(CC(=O)NCCCCCCCCNC(=O)COc5cccc6c5C(=O)N(C5CCC(=O)NC5=O)C6=O)CC4)cn3)nc2n(C2CCCC2)c1=O. The molecule has 1 aromatic carbocycles. The maximum absolute atomic E-state index is 13.6. The molecule has 8 rings (SSSR count). The first-order valence-electron chi connectivity index (χ1n) is 24.0. The number of ketones is 1. The monoisotopic (exact) mass is 945 g/mol. The van der Waals surface area contributed by atoms with E-state index in [2.05, 4.69) is 41.0 Å². The number of carbonyl (C=O) groups is 7. The van der Waals surface area contributed by atoms with Crippen molar-refractivity contribution in [3.05, 3.63) is 75.3 Å². The standard InChI is InChI=1S/C49H59N11O9/c1-30-35-27-53-49(56-44(35)59(32-12-7-8-13-32)47(67)42(30)31(2)61)54-38-18-16-33(26-52-38)58-24-22-57(23-25-58)28-40(63)50-20-9-5-3-4-6-10-21-51-41(64)29-69-37-15-11-14-34-43(37)48(68)60(46(34)66)36-17-19-39(62)55-45(36)65/h11,14-16,18,26-27,32,36H,3-10,12-13,17,19-25,28-29H2,1-2H3,(H,50,63)(H,51,64)(H,55,62,65)(H,52,53,54,56). The fourth-order valence-corrected chi connectivity index (χ4v) is 9.70. The molecule has 20 heteroatoms. The Labute approximate surface area is 398 Å². The van der Waals surface area contributed by atoms with E-state index in [1.807, 2.05) is 12.1 Å². The fraction of sp³-hybridized carbons (Fsp3) is 0.490. The molecule has 0 spiro atoms. The molecule has 1 unspecified atom stereocenters. The quantitative estimate of drug-likeness (QED) is 0.0560. The number of pyridine rings is 2. The number of hydrogen-bond acceptors (Lipinski definition) is 15. The van der Waals surface area contributed by atoms with Gasteiger partial charge in [0.1, 0.15) is 23.3 Å². The number of ether oxygens (including phenoxy) is 1. The van der Waals surface area contributed by atoms with Crippen molar-refractivity contribution in [3.63, 3.8) is 0 Å². The summed E-state index contributed by atoms with van der Waals surface area (Å²) in [5.74, 6) is -2.16. The lowest BCUT2D eigenvalue weighted by molar-refractivity contribution is -0.136. The van der Waals surface area contributed by atoms with E-state index in [4.69, 9.17) is 9.72 Å². The first-order valence-corrected chi connectivity index (χ1v) is 24.0. The summed E-state index contributed by atoms with van der Waals surface area (Å²) in [6.07, 6.45) is 12.9. The van der Waals surface area contributed by atoms with Crippen LogP contribution in [0.1, 0.15) is 127 Å². The van der Waals surface area contributed by atoms with Crippen LogP contribution in [0.25, 0.3) is 11.0 Å². The molecule has 6 heterocycles. The van der Waals surface area contributed by atoms with E-state index in [1.54, 1.807) is 30.0 Å². The lowest BCUT2D eigenvalue weighted by atomic mass is 10.0. The van der Waals surface area contributed by atoms with Crippen molar-refractivity contribution in [2.24, 2.45) is 0 Å². The second-order valence-electron chi connectivity index (χ2n) is 18.1. The highest BCUT2D eigenvalue weighted by atomic mass is 16.5. The summed E-state index contributed by atoms with van der Waals surface area (Å²) in [6, 6.07) is 7.26. The number of amides is 6. The normalized spacial score (nSPS) is 17.6. The van der Waals surface area contributed by atoms with Crippen molar-refractivity contribution in [2.45, 2.75) is 103 Å². The predicted octanol–water partition coefficient (Wildman–Crippen LogP) is 3.73. The second-order valence-corrected chi connectivity index (χ2v) is 18.1. The molecule has 364 valence electrons. The minimum absolute atomic E-state index is 0.00481. The van der Waals surface area contributed by atoms with Gasteiger partial charge < -0.3 is 25.6 Å². The largest absolute Gasteiger partial charge is 0.483 e. The van der Waals surface area contributed by atoms with Crippen LogP contribution in [0.4, 0.5) is 17.5 Å². The molecule has 20 nitrogen and oxygen atoms in total. The summed E-state index contributed by atoms with van der Waals surface area (Å²) in [7, 11) is 0. The maximum Gasteiger partial charge on any atom is 0.266 e. The molecule has 0 bridgehead atoms. The zero-order chi connectivity index (χ0) is 48.6. The van der Waals surface area contributed by atoms with Crippen LogP contribution in [0.2, 0.25) is 0 Å². The van der Waals surface area contributed by atoms with Crippen molar-refractivity contribution >= 4 is 69.7 Å². The third kappa shape index (κ3) is 11.1. The number of fused-ring (bicyclic) bond motifs is 2. The van der Waals surface area contributed by atoms with E-state index in [9.17, 15) is 38.4 Å². The minimum atomic E-state index is -1.09. The highest BCUT2D eigenvalue weighted by Crippen LogP contribution is 2.34. The van der Waals surface area contributed by atoms with E-state index in [-0.39, 0.29) is 71.1 Å². The number of hydrogen-bond donors (Lipinski definition) is 4. The smallest absolute Gasteiger partial charge is 0.266 e. The van der Waals surface area contributed by atoms with Crippen molar-refractivity contribution in [2.75, 3.05) is 62.6 Å². The fourth-order valence-electron chi connectivity index (χ4n) is 9.70. The summed E-state index contributed by atoms with van der Waals surface area (Å²) >= 11 is 0. The van der Waals surface area contributed by atoms with Crippen molar-refractivity contribution < 1.29 is 38.3 Å². The van der Waals surface area contributed by atoms with Gasteiger partial charge in [0.2, 0.25) is 23.7 Å². The topological polar surface area (TPSA) is 247 Å². The van der Waals surface area contributed by atoms with E-state index in [1.165, 1.54) is 19.1 Å². The van der Waals surface area contributed by atoms with Crippen LogP contribution in [-0.2, 0) is 19.2 Å². The Morgan fingerprint density at radius 2 is 1.52 bits per heavy atom. The van der Waals surface area contributed by atoms with Crippen molar-refractivity contribution in [3.8, 4) is 5.75 Å². The van der Waals surface area contributed by atoms with Crippen LogP contribution in [0.15, 0.2) is 47.5 Å². The Bertz CT molecular complexity index is 2690. The summed E-state index contributed by atoms with van der Waals surface area (Å²) < 4.78 is 7.35. The number of aryl methyl sites for hydroxylation is 1. The average molecular weight is 946 g/mol. The van der Waals surface area contributed by atoms with Crippen LogP contribution in [-0.4, -0.2) is 129 Å². The van der Waals surface area contributed by atoms with Gasteiger partial charge in [-0.05, 0) is 75.8 Å². The molecular weight excluding hydrogens is 887 g/mol. The van der Waals surface area contributed by atoms with Crippen LogP contribution < -0.4 is 36.5 Å². The zero-order valence-electron chi connectivity index (χ0n) is 39.1. The van der Waals surface area contributed by atoms with Gasteiger partial charge in [0.25, 0.3) is 23.3 Å². The third-order valence-corrected chi connectivity index (χ3v) is 13.4. The molecule has 0 radical (unpaired) electrons. The first-order chi connectivity index (χ1) is 33.4. The molecule has 4 N–H and O–H groups in total. The van der Waals surface area contributed by atoms with Gasteiger partial charge in [0.05, 0.1) is 35.1 Å². The number of aromatic nitrogens is 4. The Hall–Kier alpha value is -7.09. The van der Waals surface area contributed by atoms with E-state index in [0.29, 0.717) is 48.0 Å². The van der Waals surface area contributed by atoms with Gasteiger partial charge in [-0.2, -0.15) is 4.98 Å². The molecule has 4 aliphatic rings. The molecule has 1 saturated carbocycles. The number of rotatable bonds is 20. The molecule has 1 aliphatic carbocycles. The number of imide groups is 2. The van der Waals surface area contributed by atoms with E-state index >= 15 is 0 Å². The summed E-state index contributed by atoms with van der Waals surface area (Å²) in [6.45, 7) is 7.25. The summed E-state index contributed by atoms with van der Waals surface area (Å²) in [5.41, 5.74) is 2.07. The molecule has 3 aromatic heterocycles. The Kier molecular flexibility index (Phi) is 15.4. The van der Waals surface area contributed by atoms with Gasteiger partial charge in [-0.1, -0.05) is 44.6 Å². The van der Waals surface area contributed by atoms with Crippen LogP contribution in [0.3, 0.4) is 0 Å². The Balaban J connectivity index is 0.676. The van der Waals surface area contributed by atoms with Gasteiger partial charge in [0.15, 0.2) is 12.4 Å². The number of benzene rings is 1. The minimum Gasteiger partial charge on any atom is -0.483 e. The Morgan fingerprint density at radius 1 is 0.812 bits per heavy atom. The van der Waals surface area contributed by atoms with Crippen LogP contribution >= 0.6 is 0 Å². The highest BCUT2D eigenvalue weighted by Gasteiger charge is 2.46. The first kappa shape index (κ1) is 48.4. The molecular formula is C49H59N11O9. The number of unbranched alkanes of at least 4 members (excludes halogenated alkanes) is 5. The third-order valence-electron chi connectivity index (χ3n) is 13.4. The zero-order valence-corrected chi connectivity index (χ0v) is 39.1. The summed E-state index contributed by atoms with van der Waals surface area (Å²) in [5, 5.41) is 11.9. The lowest BCUT2D eigenvalue weighted by Gasteiger charge is -2.35. The van der Waals surface area contributed by atoms with Crippen molar-refractivity contribution in [1.82, 2.24) is 45.3 Å². The Morgan fingerprint density at radius 3 is 2.20 bits per heavy atom. The number of anilines is 3. The predicted molar refractivity (Wildman–Crippen MR) is 255 cm³/mol. The lowest BCUT2D eigenvalue weighted by Crippen LogP contribution is -2.54. The number of Topliss-reactive ketones (excluding diaryl/α,β-unsaturated/α-hetero) is 1. The molecule has 3 fully saturated rings. The van der Waals surface area contributed by atoms with Gasteiger partial charge in [-0.3, -0.25) is 58.0 Å². The number of carbonyl (C=O) groups excluding carboxylic acids is 7. The van der Waals surface area contributed by atoms with Gasteiger partial charge in [-0.25, -0.2) is 9.97 Å². The number of nitrogens with zero attached hydrogens (tertiary/aromatic N) is 7. The summed E-state index contributed by atoms with van der Waals surface area (Å²) in [4.78, 5) is 121. The van der Waals surface area contributed by atoms with E-state index in [0.717, 1.165) is 101 Å². The van der Waals surface area contributed by atoms with Crippen molar-refractivity contribution in [1.29, 1.82) is 0 Å². The van der Waals surface area contributed by atoms with Gasteiger partial charge >= 0.3 is 0 Å². The van der Waals surface area contributed by atoms with Crippen LogP contribution in [0, 0.1) is 6.92 Å². The number of piperidine rings is 1. The average Bonchev–Trinajstić information content (AvgIpc) is 3.95. The molecule has 4 aromatic rings. The van der Waals surface area contributed by atoms with Gasteiger partial charge in [0, 0.05) is 63.3 Å².